The molecular weight excluding hydrogens is 162 g/mol. The Morgan fingerprint density at radius 3 is 3.00 bits per heavy atom. The second-order valence-corrected chi connectivity index (χ2v) is 3.14. The van der Waals surface area contributed by atoms with E-state index in [2.05, 4.69) is 11.9 Å². The van der Waals surface area contributed by atoms with Crippen molar-refractivity contribution in [2.75, 3.05) is 0 Å². The minimum Gasteiger partial charge on any atom is -0.345 e. The second kappa shape index (κ2) is 3.05. The van der Waals surface area contributed by atoms with Crippen molar-refractivity contribution in [3.63, 3.8) is 0 Å². The number of carbonyl (C=O) groups is 1. The van der Waals surface area contributed by atoms with Gasteiger partial charge in [-0.15, -0.1) is 6.58 Å². The van der Waals surface area contributed by atoms with Crippen LogP contribution in [0.2, 0.25) is 0 Å². The quantitative estimate of drug-likeness (QED) is 0.681. The molecule has 0 aliphatic carbocycles. The summed E-state index contributed by atoms with van der Waals surface area (Å²) in [6.07, 6.45) is 2.62. The molecular formula is C11H11NO. The molecule has 1 unspecified atom stereocenters. The predicted molar refractivity (Wildman–Crippen MR) is 51.5 cm³/mol. The van der Waals surface area contributed by atoms with Gasteiger partial charge in [-0.3, -0.25) is 4.79 Å². The summed E-state index contributed by atoms with van der Waals surface area (Å²) in [5.74, 6) is 0.0300. The van der Waals surface area contributed by atoms with Crippen LogP contribution in [0.5, 0.6) is 0 Å². The zero-order chi connectivity index (χ0) is 9.26. The van der Waals surface area contributed by atoms with E-state index in [1.165, 1.54) is 0 Å². The van der Waals surface area contributed by atoms with Gasteiger partial charge in [-0.25, -0.2) is 0 Å². The lowest BCUT2D eigenvalue weighted by atomic mass is 10.0. The van der Waals surface area contributed by atoms with Gasteiger partial charge in [0.2, 0.25) is 0 Å². The third-order valence-electron chi connectivity index (χ3n) is 2.29. The Kier molecular flexibility index (Phi) is 1.89. The van der Waals surface area contributed by atoms with Gasteiger partial charge in [-0.1, -0.05) is 24.3 Å². The van der Waals surface area contributed by atoms with Crippen molar-refractivity contribution in [1.29, 1.82) is 0 Å². The van der Waals surface area contributed by atoms with Crippen LogP contribution in [0.1, 0.15) is 28.4 Å². The Morgan fingerprint density at radius 2 is 2.23 bits per heavy atom. The molecule has 1 N–H and O–H groups in total. The molecule has 1 atom stereocenters. The number of carbonyl (C=O) groups excluding carboxylic acids is 1. The number of fused-ring (bicyclic) bond motifs is 1. The summed E-state index contributed by atoms with van der Waals surface area (Å²) in [7, 11) is 0. The highest BCUT2D eigenvalue weighted by molar-refractivity contribution is 5.99. The monoisotopic (exact) mass is 173 g/mol. The highest BCUT2D eigenvalue weighted by Crippen LogP contribution is 2.27. The van der Waals surface area contributed by atoms with Gasteiger partial charge in [0.05, 0.1) is 6.04 Å². The maximum absolute atomic E-state index is 11.4. The van der Waals surface area contributed by atoms with Gasteiger partial charge < -0.3 is 5.32 Å². The first-order chi connectivity index (χ1) is 6.33. The van der Waals surface area contributed by atoms with Crippen molar-refractivity contribution in [2.45, 2.75) is 12.5 Å². The van der Waals surface area contributed by atoms with E-state index in [-0.39, 0.29) is 11.9 Å². The summed E-state index contributed by atoms with van der Waals surface area (Å²) in [6.45, 7) is 3.67. The lowest BCUT2D eigenvalue weighted by molar-refractivity contribution is 0.0956. The topological polar surface area (TPSA) is 29.1 Å². The molecule has 1 aliphatic rings. The summed E-state index contributed by atoms with van der Waals surface area (Å²) >= 11 is 0. The molecule has 1 heterocycles. The van der Waals surface area contributed by atoms with Crippen molar-refractivity contribution >= 4 is 5.91 Å². The smallest absolute Gasteiger partial charge is 0.252 e. The molecule has 13 heavy (non-hydrogen) atoms. The van der Waals surface area contributed by atoms with Gasteiger partial charge in [-0.2, -0.15) is 0 Å². The maximum Gasteiger partial charge on any atom is 0.252 e. The van der Waals surface area contributed by atoms with Crippen molar-refractivity contribution in [1.82, 2.24) is 5.32 Å². The zero-order valence-corrected chi connectivity index (χ0v) is 7.29. The zero-order valence-electron chi connectivity index (χ0n) is 7.29. The average molecular weight is 173 g/mol. The van der Waals surface area contributed by atoms with Crippen LogP contribution in [0.25, 0.3) is 0 Å². The van der Waals surface area contributed by atoms with E-state index in [1.807, 2.05) is 30.3 Å². The molecule has 1 amide bonds. The van der Waals surface area contributed by atoms with E-state index in [0.29, 0.717) is 0 Å². The van der Waals surface area contributed by atoms with Gasteiger partial charge in [0.25, 0.3) is 5.91 Å². The first-order valence-electron chi connectivity index (χ1n) is 4.33. The van der Waals surface area contributed by atoms with E-state index in [1.54, 1.807) is 0 Å². The Balaban J connectivity index is 2.41. The molecule has 0 bridgehead atoms. The molecule has 0 spiro atoms. The summed E-state index contributed by atoms with van der Waals surface area (Å²) in [5, 5.41) is 2.91. The van der Waals surface area contributed by atoms with Gasteiger partial charge in [0, 0.05) is 5.56 Å². The normalized spacial score (nSPS) is 19.4. The highest BCUT2D eigenvalue weighted by Gasteiger charge is 2.26. The molecule has 1 aromatic carbocycles. The van der Waals surface area contributed by atoms with Crippen LogP contribution >= 0.6 is 0 Å². The fourth-order valence-corrected chi connectivity index (χ4v) is 1.67. The van der Waals surface area contributed by atoms with E-state index < -0.39 is 0 Å². The molecule has 0 radical (unpaired) electrons. The number of benzene rings is 1. The van der Waals surface area contributed by atoms with Crippen LogP contribution in [0, 0.1) is 0 Å². The Bertz CT molecular complexity index is 357. The molecule has 1 aliphatic heterocycles. The number of hydrogen-bond acceptors (Lipinski definition) is 1. The maximum atomic E-state index is 11.4. The lowest BCUT2D eigenvalue weighted by Gasteiger charge is -2.07. The highest BCUT2D eigenvalue weighted by atomic mass is 16.2. The molecule has 0 saturated carbocycles. The molecule has 0 fully saturated rings. The first-order valence-corrected chi connectivity index (χ1v) is 4.33. The molecule has 2 heteroatoms. The fraction of sp³-hybridized carbons (Fsp3) is 0.182. The summed E-state index contributed by atoms with van der Waals surface area (Å²) < 4.78 is 0. The SMILES string of the molecule is C=CCC1NC(=O)c2ccccc21. The minimum atomic E-state index is 0.0300. The number of rotatable bonds is 2. The average Bonchev–Trinajstić information content (AvgIpc) is 2.46. The molecule has 0 aromatic heterocycles. The third-order valence-corrected chi connectivity index (χ3v) is 2.29. The number of nitrogens with one attached hydrogen (secondary N) is 1. The van der Waals surface area contributed by atoms with E-state index in [4.69, 9.17) is 0 Å². The molecule has 0 saturated heterocycles. The first kappa shape index (κ1) is 8.05. The van der Waals surface area contributed by atoms with Gasteiger partial charge in [-0.05, 0) is 18.1 Å². The van der Waals surface area contributed by atoms with Crippen LogP contribution in [0.15, 0.2) is 36.9 Å². The Morgan fingerprint density at radius 1 is 1.46 bits per heavy atom. The minimum absolute atomic E-state index is 0.0300. The standard InChI is InChI=1S/C11H11NO/c1-2-5-10-8-6-3-4-7-9(8)11(13)12-10/h2-4,6-7,10H,1,5H2,(H,12,13). The summed E-state index contributed by atoms with van der Waals surface area (Å²) in [5.41, 5.74) is 1.89. The van der Waals surface area contributed by atoms with E-state index >= 15 is 0 Å². The summed E-state index contributed by atoms with van der Waals surface area (Å²) in [4.78, 5) is 11.4. The third kappa shape index (κ3) is 1.24. The van der Waals surface area contributed by atoms with Gasteiger partial charge in [0.1, 0.15) is 0 Å². The van der Waals surface area contributed by atoms with E-state index in [9.17, 15) is 4.79 Å². The van der Waals surface area contributed by atoms with Crippen LogP contribution in [-0.4, -0.2) is 5.91 Å². The number of amides is 1. The van der Waals surface area contributed by atoms with Gasteiger partial charge >= 0.3 is 0 Å². The van der Waals surface area contributed by atoms with Crippen LogP contribution in [0.3, 0.4) is 0 Å². The second-order valence-electron chi connectivity index (χ2n) is 3.14. The molecule has 2 nitrogen and oxygen atoms in total. The largest absolute Gasteiger partial charge is 0.345 e. The van der Waals surface area contributed by atoms with Crippen LogP contribution in [0.4, 0.5) is 0 Å². The Hall–Kier alpha value is -1.57. The van der Waals surface area contributed by atoms with Gasteiger partial charge in [0.15, 0.2) is 0 Å². The van der Waals surface area contributed by atoms with E-state index in [0.717, 1.165) is 17.5 Å². The van der Waals surface area contributed by atoms with Crippen molar-refractivity contribution in [3.05, 3.63) is 48.0 Å². The van der Waals surface area contributed by atoms with Crippen LogP contribution in [-0.2, 0) is 0 Å². The van der Waals surface area contributed by atoms with Crippen molar-refractivity contribution in [2.24, 2.45) is 0 Å². The fourth-order valence-electron chi connectivity index (χ4n) is 1.67. The van der Waals surface area contributed by atoms with Crippen molar-refractivity contribution < 1.29 is 4.79 Å². The Labute approximate surface area is 77.3 Å². The predicted octanol–water partition coefficient (Wildman–Crippen LogP) is 2.05. The molecule has 1 aromatic rings. The lowest BCUT2D eigenvalue weighted by Crippen LogP contribution is -2.18. The summed E-state index contributed by atoms with van der Waals surface area (Å²) in [6, 6.07) is 7.81. The molecule has 66 valence electrons. The molecule has 2 rings (SSSR count). The number of hydrogen-bond donors (Lipinski definition) is 1. The van der Waals surface area contributed by atoms with Crippen LogP contribution < -0.4 is 5.32 Å². The van der Waals surface area contributed by atoms with Crippen molar-refractivity contribution in [3.8, 4) is 0 Å².